The Morgan fingerprint density at radius 2 is 2.05 bits per heavy atom. The maximum atomic E-state index is 9.44. The molecular weight excluding hydrogens is 238 g/mol. The zero-order chi connectivity index (χ0) is 13.2. The van der Waals surface area contributed by atoms with Crippen LogP contribution in [-0.4, -0.2) is 20.1 Å². The summed E-state index contributed by atoms with van der Waals surface area (Å²) in [5.74, 6) is 0.517. The normalized spacial score (nSPS) is 17.2. The summed E-state index contributed by atoms with van der Waals surface area (Å²) in [4.78, 5) is 0. The second-order valence-electron chi connectivity index (χ2n) is 5.24. The first-order chi connectivity index (χ1) is 9.31. The van der Waals surface area contributed by atoms with E-state index in [0.717, 1.165) is 11.4 Å². The summed E-state index contributed by atoms with van der Waals surface area (Å²) in [6.07, 6.45) is 3.63. The van der Waals surface area contributed by atoms with Gasteiger partial charge in [0.15, 0.2) is 0 Å². The average Bonchev–Trinajstić information content (AvgIpc) is 2.80. The molecule has 1 saturated carbocycles. The Kier molecular flexibility index (Phi) is 3.34. The number of hydrogen-bond donors (Lipinski definition) is 1. The summed E-state index contributed by atoms with van der Waals surface area (Å²) in [6.45, 7) is 2.11. The first-order valence-electron chi connectivity index (χ1n) is 6.91. The Bertz CT molecular complexity index is 546. The van der Waals surface area contributed by atoms with Crippen LogP contribution in [0.25, 0.3) is 0 Å². The SMILES string of the molecule is CC(c1ccccc1)n1nnc(CO)c1C1CCC1. The van der Waals surface area contributed by atoms with E-state index in [9.17, 15) is 5.11 Å². The third-order valence-electron chi connectivity index (χ3n) is 4.09. The minimum absolute atomic E-state index is 0.0205. The van der Waals surface area contributed by atoms with Crippen molar-refractivity contribution >= 4 is 0 Å². The summed E-state index contributed by atoms with van der Waals surface area (Å²) >= 11 is 0. The van der Waals surface area contributed by atoms with Crippen molar-refractivity contribution in [1.82, 2.24) is 15.0 Å². The van der Waals surface area contributed by atoms with Crippen LogP contribution in [0.1, 0.15) is 55.1 Å². The van der Waals surface area contributed by atoms with E-state index in [4.69, 9.17) is 0 Å². The number of hydrogen-bond acceptors (Lipinski definition) is 3. The zero-order valence-electron chi connectivity index (χ0n) is 11.2. The zero-order valence-corrected chi connectivity index (χ0v) is 11.2. The quantitative estimate of drug-likeness (QED) is 0.916. The van der Waals surface area contributed by atoms with Crippen LogP contribution >= 0.6 is 0 Å². The van der Waals surface area contributed by atoms with Crippen LogP contribution < -0.4 is 0 Å². The highest BCUT2D eigenvalue weighted by atomic mass is 16.3. The summed E-state index contributed by atoms with van der Waals surface area (Å²) in [5.41, 5.74) is 3.09. The van der Waals surface area contributed by atoms with Gasteiger partial charge in [-0.3, -0.25) is 0 Å². The van der Waals surface area contributed by atoms with Crippen LogP contribution in [0.5, 0.6) is 0 Å². The molecule has 1 aromatic heterocycles. The van der Waals surface area contributed by atoms with Gasteiger partial charge in [0.05, 0.1) is 18.3 Å². The predicted molar refractivity (Wildman–Crippen MR) is 72.8 cm³/mol. The molecule has 4 heteroatoms. The smallest absolute Gasteiger partial charge is 0.112 e. The van der Waals surface area contributed by atoms with Crippen molar-refractivity contribution in [2.45, 2.75) is 44.8 Å². The van der Waals surface area contributed by atoms with Crippen LogP contribution in [0.4, 0.5) is 0 Å². The molecule has 1 atom stereocenters. The summed E-state index contributed by atoms with van der Waals surface area (Å²) in [5, 5.41) is 17.9. The molecule has 0 amide bonds. The minimum Gasteiger partial charge on any atom is -0.390 e. The van der Waals surface area contributed by atoms with E-state index in [0.29, 0.717) is 5.92 Å². The van der Waals surface area contributed by atoms with E-state index >= 15 is 0 Å². The van der Waals surface area contributed by atoms with Crippen LogP contribution in [0.15, 0.2) is 30.3 Å². The fourth-order valence-corrected chi connectivity index (χ4v) is 2.71. The number of aliphatic hydroxyl groups is 1. The molecule has 4 nitrogen and oxygen atoms in total. The molecular formula is C15H19N3O. The van der Waals surface area contributed by atoms with Crippen LogP contribution in [0.3, 0.4) is 0 Å². The number of aliphatic hydroxyl groups excluding tert-OH is 1. The summed E-state index contributed by atoms with van der Waals surface area (Å²) in [7, 11) is 0. The van der Waals surface area contributed by atoms with E-state index in [1.165, 1.54) is 24.8 Å². The fraction of sp³-hybridized carbons (Fsp3) is 0.467. The van der Waals surface area contributed by atoms with Crippen molar-refractivity contribution in [3.05, 3.63) is 47.3 Å². The lowest BCUT2D eigenvalue weighted by molar-refractivity contribution is 0.271. The van der Waals surface area contributed by atoms with Gasteiger partial charge in [-0.2, -0.15) is 0 Å². The number of benzene rings is 1. The highest BCUT2D eigenvalue weighted by Gasteiger charge is 2.29. The summed E-state index contributed by atoms with van der Waals surface area (Å²) < 4.78 is 1.99. The molecule has 19 heavy (non-hydrogen) atoms. The molecule has 0 aliphatic heterocycles. The van der Waals surface area contributed by atoms with Crippen LogP contribution in [0.2, 0.25) is 0 Å². The molecule has 0 spiro atoms. The predicted octanol–water partition coefficient (Wildman–Crippen LogP) is 2.65. The number of nitrogens with zero attached hydrogens (tertiary/aromatic N) is 3. The summed E-state index contributed by atoms with van der Waals surface area (Å²) in [6, 6.07) is 10.5. The van der Waals surface area contributed by atoms with Crippen molar-refractivity contribution in [3.8, 4) is 0 Å². The second kappa shape index (κ2) is 5.13. The number of rotatable bonds is 4. The lowest BCUT2D eigenvalue weighted by Crippen LogP contribution is -2.19. The monoisotopic (exact) mass is 257 g/mol. The van der Waals surface area contributed by atoms with Crippen molar-refractivity contribution < 1.29 is 5.11 Å². The van der Waals surface area contributed by atoms with Crippen molar-refractivity contribution in [1.29, 1.82) is 0 Å². The van der Waals surface area contributed by atoms with Gasteiger partial charge < -0.3 is 5.11 Å². The van der Waals surface area contributed by atoms with E-state index in [-0.39, 0.29) is 12.6 Å². The molecule has 3 rings (SSSR count). The van der Waals surface area contributed by atoms with Crippen molar-refractivity contribution in [2.75, 3.05) is 0 Å². The maximum absolute atomic E-state index is 9.44. The molecule has 1 heterocycles. The standard InChI is InChI=1S/C15H19N3O/c1-11(12-6-3-2-4-7-12)18-15(13-8-5-9-13)14(10-19)16-17-18/h2-4,6-7,11,13,19H,5,8-10H2,1H3. The largest absolute Gasteiger partial charge is 0.390 e. The topological polar surface area (TPSA) is 50.9 Å². The molecule has 1 fully saturated rings. The molecule has 0 saturated heterocycles. The van der Waals surface area contributed by atoms with Crippen molar-refractivity contribution in [3.63, 3.8) is 0 Å². The molecule has 0 radical (unpaired) electrons. The van der Waals surface area contributed by atoms with E-state index in [1.807, 2.05) is 22.9 Å². The Labute approximate surface area is 113 Å². The second-order valence-corrected chi connectivity index (χ2v) is 5.24. The highest BCUT2D eigenvalue weighted by Crippen LogP contribution is 2.39. The van der Waals surface area contributed by atoms with Crippen LogP contribution in [-0.2, 0) is 6.61 Å². The molecule has 1 aliphatic rings. The van der Waals surface area contributed by atoms with Gasteiger partial charge in [-0.15, -0.1) is 5.10 Å². The minimum atomic E-state index is -0.0205. The maximum Gasteiger partial charge on any atom is 0.112 e. The first kappa shape index (κ1) is 12.4. The lowest BCUT2D eigenvalue weighted by atomic mass is 9.82. The molecule has 2 aromatic rings. The van der Waals surface area contributed by atoms with E-state index in [1.54, 1.807) is 0 Å². The molecule has 1 aromatic carbocycles. The van der Waals surface area contributed by atoms with Gasteiger partial charge in [0.1, 0.15) is 5.69 Å². The first-order valence-corrected chi connectivity index (χ1v) is 6.91. The lowest BCUT2D eigenvalue weighted by Gasteiger charge is -2.28. The molecule has 0 bridgehead atoms. The van der Waals surface area contributed by atoms with Gasteiger partial charge >= 0.3 is 0 Å². The van der Waals surface area contributed by atoms with E-state index in [2.05, 4.69) is 29.4 Å². The molecule has 100 valence electrons. The van der Waals surface area contributed by atoms with Gasteiger partial charge in [-0.1, -0.05) is 42.0 Å². The Balaban J connectivity index is 1.98. The van der Waals surface area contributed by atoms with E-state index < -0.39 is 0 Å². The molecule has 1 N–H and O–H groups in total. The molecule has 1 unspecified atom stereocenters. The van der Waals surface area contributed by atoms with Gasteiger partial charge in [-0.25, -0.2) is 4.68 Å². The Morgan fingerprint density at radius 1 is 1.32 bits per heavy atom. The molecule has 1 aliphatic carbocycles. The van der Waals surface area contributed by atoms with Crippen molar-refractivity contribution in [2.24, 2.45) is 0 Å². The third kappa shape index (κ3) is 2.16. The highest BCUT2D eigenvalue weighted by molar-refractivity contribution is 5.23. The number of aromatic nitrogens is 3. The fourth-order valence-electron chi connectivity index (χ4n) is 2.71. The van der Waals surface area contributed by atoms with Crippen LogP contribution in [0, 0.1) is 0 Å². The Morgan fingerprint density at radius 3 is 2.63 bits per heavy atom. The van der Waals surface area contributed by atoms with Gasteiger partial charge in [0.25, 0.3) is 0 Å². The van der Waals surface area contributed by atoms with Gasteiger partial charge in [0.2, 0.25) is 0 Å². The van der Waals surface area contributed by atoms with Gasteiger partial charge in [-0.05, 0) is 25.3 Å². The average molecular weight is 257 g/mol. The Hall–Kier alpha value is -1.68. The van der Waals surface area contributed by atoms with Gasteiger partial charge in [0, 0.05) is 5.92 Å². The third-order valence-corrected chi connectivity index (χ3v) is 4.09.